The normalized spacial score (nSPS) is 28.0. The fraction of sp³-hybridized carbons (Fsp3) is 1.00. The van der Waals surface area contributed by atoms with Gasteiger partial charge in [-0.15, -0.1) is 11.6 Å². The highest BCUT2D eigenvalue weighted by Gasteiger charge is 2.22. The zero-order valence-corrected chi connectivity index (χ0v) is 6.69. The molecule has 1 aliphatic heterocycles. The molecule has 1 unspecified atom stereocenters. The summed E-state index contributed by atoms with van der Waals surface area (Å²) in [6.45, 7) is 1.28. The molecule has 9 heavy (non-hydrogen) atoms. The Labute approximate surface area is 62.0 Å². The van der Waals surface area contributed by atoms with Crippen LogP contribution in [0, 0.1) is 0 Å². The fourth-order valence-corrected chi connectivity index (χ4v) is 1.40. The summed E-state index contributed by atoms with van der Waals surface area (Å²) in [6, 6.07) is 0.851. The van der Waals surface area contributed by atoms with Crippen LogP contribution in [-0.2, 0) is 0 Å². The fourth-order valence-electron chi connectivity index (χ4n) is 1.25. The Hall–Kier alpha value is 0.250. The van der Waals surface area contributed by atoms with Gasteiger partial charge in [-0.3, -0.25) is 0 Å². The molecular weight excluding hydrogens is 134 g/mol. The smallest absolute Gasteiger partial charge is 0.0224 e. The van der Waals surface area contributed by atoms with E-state index < -0.39 is 0 Å². The molecule has 1 aliphatic rings. The Bertz CT molecular complexity index is 85.0. The predicted octanol–water partition coefficient (Wildman–Crippen LogP) is 1.71. The monoisotopic (exact) mass is 147 g/mol. The third-order valence-corrected chi connectivity index (χ3v) is 2.38. The third kappa shape index (κ3) is 1.84. The van der Waals surface area contributed by atoms with Crippen molar-refractivity contribution in [2.45, 2.75) is 25.3 Å². The van der Waals surface area contributed by atoms with Gasteiger partial charge in [-0.2, -0.15) is 0 Å². The molecule has 1 atom stereocenters. The van der Waals surface area contributed by atoms with Crippen LogP contribution in [0.15, 0.2) is 0 Å². The number of rotatable bonds is 3. The Kier molecular flexibility index (Phi) is 2.80. The lowest BCUT2D eigenvalue weighted by atomic mass is 10.00. The molecule has 1 heterocycles. The van der Waals surface area contributed by atoms with Crippen LogP contribution in [0.4, 0.5) is 0 Å². The van der Waals surface area contributed by atoms with Crippen LogP contribution in [0.5, 0.6) is 0 Å². The first kappa shape index (κ1) is 7.36. The molecule has 1 rings (SSSR count). The summed E-state index contributed by atoms with van der Waals surface area (Å²) in [5, 5.41) is 0. The van der Waals surface area contributed by atoms with E-state index in [1.54, 1.807) is 0 Å². The maximum absolute atomic E-state index is 5.56. The van der Waals surface area contributed by atoms with E-state index in [9.17, 15) is 0 Å². The standard InChI is InChI=1S/C7H14ClN/c1-9-6-4-7(9)3-2-5-8/h7H,2-6H2,1H3. The second kappa shape index (κ2) is 3.43. The van der Waals surface area contributed by atoms with Crippen LogP contribution in [0.1, 0.15) is 19.3 Å². The van der Waals surface area contributed by atoms with E-state index >= 15 is 0 Å². The van der Waals surface area contributed by atoms with Crippen molar-refractivity contribution >= 4 is 11.6 Å². The van der Waals surface area contributed by atoms with Crippen LogP contribution in [-0.4, -0.2) is 30.4 Å². The third-order valence-electron chi connectivity index (χ3n) is 2.11. The molecule has 0 bridgehead atoms. The summed E-state index contributed by atoms with van der Waals surface area (Å²) in [5.41, 5.74) is 0. The summed E-state index contributed by atoms with van der Waals surface area (Å²) in [5.74, 6) is 0.824. The number of hydrogen-bond acceptors (Lipinski definition) is 1. The molecule has 0 saturated carbocycles. The average molecular weight is 148 g/mol. The molecule has 1 fully saturated rings. The number of halogens is 1. The molecule has 2 heteroatoms. The molecule has 0 radical (unpaired) electrons. The highest BCUT2D eigenvalue weighted by Crippen LogP contribution is 2.18. The molecular formula is C7H14ClN. The lowest BCUT2D eigenvalue weighted by Gasteiger charge is -2.37. The van der Waals surface area contributed by atoms with Gasteiger partial charge in [0.1, 0.15) is 0 Å². The molecule has 0 aliphatic carbocycles. The number of nitrogens with zero attached hydrogens (tertiary/aromatic N) is 1. The highest BCUT2D eigenvalue weighted by atomic mass is 35.5. The Morgan fingerprint density at radius 2 is 2.44 bits per heavy atom. The molecule has 54 valence electrons. The predicted molar refractivity (Wildman–Crippen MR) is 41.0 cm³/mol. The van der Waals surface area contributed by atoms with Gasteiger partial charge in [0, 0.05) is 11.9 Å². The summed E-state index contributed by atoms with van der Waals surface area (Å²) >= 11 is 5.56. The number of likely N-dealkylation sites (tertiary alicyclic amines) is 1. The second-order valence-electron chi connectivity index (χ2n) is 2.75. The highest BCUT2D eigenvalue weighted by molar-refractivity contribution is 6.17. The van der Waals surface area contributed by atoms with Gasteiger partial charge in [0.2, 0.25) is 0 Å². The van der Waals surface area contributed by atoms with Crippen LogP contribution >= 0.6 is 11.6 Å². The van der Waals surface area contributed by atoms with E-state index in [1.165, 1.54) is 25.8 Å². The average Bonchev–Trinajstić information content (AvgIpc) is 1.86. The van der Waals surface area contributed by atoms with Crippen molar-refractivity contribution < 1.29 is 0 Å². The van der Waals surface area contributed by atoms with Gasteiger partial charge in [0.05, 0.1) is 0 Å². The van der Waals surface area contributed by atoms with Crippen LogP contribution in [0.3, 0.4) is 0 Å². The van der Waals surface area contributed by atoms with Crippen molar-refractivity contribution in [3.8, 4) is 0 Å². The minimum atomic E-state index is 0.824. The van der Waals surface area contributed by atoms with Gasteiger partial charge in [-0.25, -0.2) is 0 Å². The quantitative estimate of drug-likeness (QED) is 0.550. The Morgan fingerprint density at radius 3 is 2.78 bits per heavy atom. The Morgan fingerprint density at radius 1 is 1.67 bits per heavy atom. The van der Waals surface area contributed by atoms with Crippen molar-refractivity contribution in [1.82, 2.24) is 4.90 Å². The van der Waals surface area contributed by atoms with Crippen molar-refractivity contribution in [3.63, 3.8) is 0 Å². The summed E-state index contributed by atoms with van der Waals surface area (Å²) in [7, 11) is 2.18. The summed E-state index contributed by atoms with van der Waals surface area (Å²) in [4.78, 5) is 2.40. The molecule has 0 N–H and O–H groups in total. The van der Waals surface area contributed by atoms with Gasteiger partial charge in [-0.05, 0) is 32.9 Å². The maximum atomic E-state index is 5.56. The first-order chi connectivity index (χ1) is 4.34. The van der Waals surface area contributed by atoms with Crippen molar-refractivity contribution in [2.75, 3.05) is 19.5 Å². The molecule has 0 amide bonds. The van der Waals surface area contributed by atoms with E-state index in [-0.39, 0.29) is 0 Å². The van der Waals surface area contributed by atoms with Crippen molar-refractivity contribution in [1.29, 1.82) is 0 Å². The van der Waals surface area contributed by atoms with Crippen LogP contribution < -0.4 is 0 Å². The SMILES string of the molecule is CN1CCC1CCCCl. The van der Waals surface area contributed by atoms with Gasteiger partial charge >= 0.3 is 0 Å². The van der Waals surface area contributed by atoms with Crippen molar-refractivity contribution in [3.05, 3.63) is 0 Å². The van der Waals surface area contributed by atoms with Gasteiger partial charge in [0.15, 0.2) is 0 Å². The minimum absolute atomic E-state index is 0.824. The van der Waals surface area contributed by atoms with E-state index in [0.29, 0.717) is 0 Å². The molecule has 0 spiro atoms. The zero-order valence-electron chi connectivity index (χ0n) is 5.94. The zero-order chi connectivity index (χ0) is 6.69. The van der Waals surface area contributed by atoms with Crippen molar-refractivity contribution in [2.24, 2.45) is 0 Å². The summed E-state index contributed by atoms with van der Waals surface area (Å²) < 4.78 is 0. The minimum Gasteiger partial charge on any atom is -0.303 e. The lowest BCUT2D eigenvalue weighted by Crippen LogP contribution is -2.44. The van der Waals surface area contributed by atoms with Gasteiger partial charge in [0.25, 0.3) is 0 Å². The Balaban J connectivity index is 1.99. The van der Waals surface area contributed by atoms with E-state index in [1.807, 2.05) is 0 Å². The van der Waals surface area contributed by atoms with E-state index in [0.717, 1.165) is 11.9 Å². The first-order valence-electron chi connectivity index (χ1n) is 3.61. The molecule has 0 aromatic rings. The lowest BCUT2D eigenvalue weighted by molar-refractivity contribution is 0.118. The van der Waals surface area contributed by atoms with Crippen LogP contribution in [0.25, 0.3) is 0 Å². The summed E-state index contributed by atoms with van der Waals surface area (Å²) in [6.07, 6.45) is 3.85. The van der Waals surface area contributed by atoms with Gasteiger partial charge in [-0.1, -0.05) is 0 Å². The maximum Gasteiger partial charge on any atom is 0.0224 e. The number of hydrogen-bond donors (Lipinski definition) is 0. The van der Waals surface area contributed by atoms with E-state index in [4.69, 9.17) is 11.6 Å². The van der Waals surface area contributed by atoms with Gasteiger partial charge < -0.3 is 4.90 Å². The second-order valence-corrected chi connectivity index (χ2v) is 3.13. The van der Waals surface area contributed by atoms with Crippen LogP contribution in [0.2, 0.25) is 0 Å². The van der Waals surface area contributed by atoms with E-state index in [2.05, 4.69) is 11.9 Å². The molecule has 0 aromatic heterocycles. The molecule has 0 aromatic carbocycles. The topological polar surface area (TPSA) is 3.24 Å². The first-order valence-corrected chi connectivity index (χ1v) is 4.14. The molecule has 1 nitrogen and oxygen atoms in total. The number of alkyl halides is 1. The largest absolute Gasteiger partial charge is 0.303 e. The molecule has 1 saturated heterocycles.